The van der Waals surface area contributed by atoms with Gasteiger partial charge in [0, 0.05) is 12.6 Å². The van der Waals surface area contributed by atoms with E-state index >= 15 is 0 Å². The third kappa shape index (κ3) is 3.51. The van der Waals surface area contributed by atoms with Crippen LogP contribution in [0.4, 0.5) is 0 Å². The van der Waals surface area contributed by atoms with Crippen LogP contribution in [0.3, 0.4) is 0 Å². The van der Waals surface area contributed by atoms with Crippen LogP contribution in [0, 0.1) is 0 Å². The highest BCUT2D eigenvalue weighted by molar-refractivity contribution is 5.35. The van der Waals surface area contributed by atoms with Gasteiger partial charge in [0.25, 0.3) is 0 Å². The Morgan fingerprint density at radius 3 is 1.64 bits per heavy atom. The molecule has 0 spiro atoms. The van der Waals surface area contributed by atoms with Crippen molar-refractivity contribution < 1.29 is 9.47 Å². The molecule has 0 saturated carbocycles. The van der Waals surface area contributed by atoms with Crippen LogP contribution in [0.25, 0.3) is 0 Å². The number of hydrogen-bond donors (Lipinski definition) is 0. The highest BCUT2D eigenvalue weighted by Gasteiger charge is 2.38. The van der Waals surface area contributed by atoms with E-state index in [0.717, 1.165) is 18.0 Å². The summed E-state index contributed by atoms with van der Waals surface area (Å²) in [5.41, 5.74) is 2.62. The van der Waals surface area contributed by atoms with Crippen LogP contribution in [-0.4, -0.2) is 50.7 Å². The van der Waals surface area contributed by atoms with Crippen LogP contribution in [-0.2, 0) is 0 Å². The first kappa shape index (κ1) is 17.8. The van der Waals surface area contributed by atoms with Crippen LogP contribution < -0.4 is 9.47 Å². The predicted molar refractivity (Wildman–Crippen MR) is 101 cm³/mol. The van der Waals surface area contributed by atoms with Crippen LogP contribution in [0.5, 0.6) is 11.5 Å². The second kappa shape index (κ2) is 7.46. The third-order valence-electron chi connectivity index (χ3n) is 5.37. The third-order valence-corrected chi connectivity index (χ3v) is 5.37. The molecule has 0 radical (unpaired) electrons. The standard InChI is InChI=1S/C21H28N2O2/c1-15-14-22(2)20(16-6-10-18(24-4)11-7-16)21(23(15)3)17-8-12-19(25-5)13-9-17/h6-13,15,20-21H,14H2,1-5H3. The van der Waals surface area contributed by atoms with Crippen molar-refractivity contribution in [2.24, 2.45) is 0 Å². The van der Waals surface area contributed by atoms with E-state index in [1.54, 1.807) is 14.2 Å². The maximum Gasteiger partial charge on any atom is 0.118 e. The molecule has 1 heterocycles. The first-order valence-corrected chi connectivity index (χ1v) is 8.75. The highest BCUT2D eigenvalue weighted by Crippen LogP contribution is 2.42. The smallest absolute Gasteiger partial charge is 0.118 e. The lowest BCUT2D eigenvalue weighted by Gasteiger charge is -2.49. The molecule has 1 saturated heterocycles. The fourth-order valence-corrected chi connectivity index (χ4v) is 3.85. The van der Waals surface area contributed by atoms with E-state index in [0.29, 0.717) is 12.1 Å². The Kier molecular flexibility index (Phi) is 5.30. The van der Waals surface area contributed by atoms with Crippen LogP contribution in [0.15, 0.2) is 48.5 Å². The molecule has 2 aromatic carbocycles. The van der Waals surface area contributed by atoms with Gasteiger partial charge in [-0.2, -0.15) is 0 Å². The molecule has 3 rings (SSSR count). The zero-order valence-electron chi connectivity index (χ0n) is 15.8. The van der Waals surface area contributed by atoms with Gasteiger partial charge in [-0.1, -0.05) is 24.3 Å². The number of methoxy groups -OCH3 is 2. The zero-order chi connectivity index (χ0) is 18.0. The van der Waals surface area contributed by atoms with Crippen LogP contribution in [0.1, 0.15) is 30.1 Å². The summed E-state index contributed by atoms with van der Waals surface area (Å²) >= 11 is 0. The maximum atomic E-state index is 5.32. The quantitative estimate of drug-likeness (QED) is 0.846. The fraction of sp³-hybridized carbons (Fsp3) is 0.429. The monoisotopic (exact) mass is 340 g/mol. The number of benzene rings is 2. The Labute approximate surface area is 151 Å². The van der Waals surface area contributed by atoms with Crippen molar-refractivity contribution in [3.05, 3.63) is 59.7 Å². The minimum absolute atomic E-state index is 0.285. The highest BCUT2D eigenvalue weighted by atomic mass is 16.5. The first-order chi connectivity index (χ1) is 12.0. The molecule has 4 nitrogen and oxygen atoms in total. The molecule has 0 aromatic heterocycles. The molecule has 3 atom stereocenters. The van der Waals surface area contributed by atoms with E-state index < -0.39 is 0 Å². The van der Waals surface area contributed by atoms with Gasteiger partial charge in [0.15, 0.2) is 0 Å². The summed E-state index contributed by atoms with van der Waals surface area (Å²) < 4.78 is 10.6. The second-order valence-electron chi connectivity index (χ2n) is 6.89. The Hall–Kier alpha value is -2.04. The summed E-state index contributed by atoms with van der Waals surface area (Å²) in [5, 5.41) is 0. The summed E-state index contributed by atoms with van der Waals surface area (Å²) in [5.74, 6) is 1.79. The summed E-state index contributed by atoms with van der Waals surface area (Å²) in [4.78, 5) is 4.94. The molecule has 4 heteroatoms. The molecule has 0 amide bonds. The Morgan fingerprint density at radius 1 is 0.760 bits per heavy atom. The van der Waals surface area contributed by atoms with Gasteiger partial charge in [0.05, 0.1) is 26.3 Å². The number of piperazine rings is 1. The minimum atomic E-state index is 0.285. The lowest BCUT2D eigenvalue weighted by Crippen LogP contribution is -2.52. The van der Waals surface area contributed by atoms with E-state index in [2.05, 4.69) is 55.1 Å². The lowest BCUT2D eigenvalue weighted by atomic mass is 9.87. The number of likely N-dealkylation sites (N-methyl/N-ethyl adjacent to an activating group) is 2. The van der Waals surface area contributed by atoms with Crippen molar-refractivity contribution in [3.63, 3.8) is 0 Å². The largest absolute Gasteiger partial charge is 0.497 e. The molecule has 1 fully saturated rings. The molecular weight excluding hydrogens is 312 g/mol. The minimum Gasteiger partial charge on any atom is -0.497 e. The van der Waals surface area contributed by atoms with E-state index in [9.17, 15) is 0 Å². The summed E-state index contributed by atoms with van der Waals surface area (Å²) in [6.45, 7) is 3.33. The van der Waals surface area contributed by atoms with E-state index in [4.69, 9.17) is 9.47 Å². The molecule has 2 aromatic rings. The summed E-state index contributed by atoms with van der Waals surface area (Å²) in [6, 6.07) is 18.0. The topological polar surface area (TPSA) is 24.9 Å². The number of ether oxygens (including phenoxy) is 2. The Balaban J connectivity index is 2.00. The van der Waals surface area contributed by atoms with Gasteiger partial charge in [-0.15, -0.1) is 0 Å². The van der Waals surface area contributed by atoms with Gasteiger partial charge in [0.2, 0.25) is 0 Å². The molecule has 1 aliphatic rings. The molecule has 134 valence electrons. The van der Waals surface area contributed by atoms with Gasteiger partial charge < -0.3 is 9.47 Å². The normalized spacial score (nSPS) is 24.9. The first-order valence-electron chi connectivity index (χ1n) is 8.75. The fourth-order valence-electron chi connectivity index (χ4n) is 3.85. The number of hydrogen-bond acceptors (Lipinski definition) is 4. The van der Waals surface area contributed by atoms with Crippen molar-refractivity contribution in [1.29, 1.82) is 0 Å². The Morgan fingerprint density at radius 2 is 1.20 bits per heavy atom. The molecule has 0 bridgehead atoms. The van der Waals surface area contributed by atoms with Gasteiger partial charge in [-0.25, -0.2) is 0 Å². The van der Waals surface area contributed by atoms with Gasteiger partial charge in [0.1, 0.15) is 11.5 Å². The van der Waals surface area contributed by atoms with Gasteiger partial charge in [-0.3, -0.25) is 9.80 Å². The molecule has 0 N–H and O–H groups in total. The van der Waals surface area contributed by atoms with E-state index in [-0.39, 0.29) is 6.04 Å². The number of rotatable bonds is 4. The molecule has 25 heavy (non-hydrogen) atoms. The van der Waals surface area contributed by atoms with E-state index in [1.165, 1.54) is 11.1 Å². The molecule has 0 aliphatic carbocycles. The summed E-state index contributed by atoms with van der Waals surface area (Å²) in [6.07, 6.45) is 0. The zero-order valence-corrected chi connectivity index (χ0v) is 15.8. The van der Waals surface area contributed by atoms with E-state index in [1.807, 2.05) is 24.3 Å². The molecular formula is C21H28N2O2. The molecule has 1 aliphatic heterocycles. The van der Waals surface area contributed by atoms with Gasteiger partial charge >= 0.3 is 0 Å². The van der Waals surface area contributed by atoms with Gasteiger partial charge in [-0.05, 0) is 56.4 Å². The lowest BCUT2D eigenvalue weighted by molar-refractivity contribution is 0.0121. The SMILES string of the molecule is COc1ccc(C2C(c3ccc(OC)cc3)N(C)C(C)CN2C)cc1. The average molecular weight is 340 g/mol. The van der Waals surface area contributed by atoms with Crippen molar-refractivity contribution in [2.45, 2.75) is 25.0 Å². The van der Waals surface area contributed by atoms with Crippen molar-refractivity contribution in [3.8, 4) is 11.5 Å². The van der Waals surface area contributed by atoms with Crippen molar-refractivity contribution >= 4 is 0 Å². The summed E-state index contributed by atoms with van der Waals surface area (Å²) in [7, 11) is 7.85. The Bertz CT molecular complexity index is 684. The maximum absolute atomic E-state index is 5.32. The van der Waals surface area contributed by atoms with Crippen molar-refractivity contribution in [2.75, 3.05) is 34.9 Å². The van der Waals surface area contributed by atoms with Crippen LogP contribution >= 0.6 is 0 Å². The van der Waals surface area contributed by atoms with Crippen LogP contribution in [0.2, 0.25) is 0 Å². The molecule has 3 unspecified atom stereocenters. The average Bonchev–Trinajstić information content (AvgIpc) is 2.65. The predicted octanol–water partition coefficient (Wildman–Crippen LogP) is 3.75. The number of nitrogens with zero attached hydrogens (tertiary/aromatic N) is 2. The van der Waals surface area contributed by atoms with Crippen molar-refractivity contribution in [1.82, 2.24) is 9.80 Å². The second-order valence-corrected chi connectivity index (χ2v) is 6.89.